The van der Waals surface area contributed by atoms with Crippen molar-refractivity contribution in [1.82, 2.24) is 0 Å². The molecular weight excluding hydrogens is 379 g/mol. The number of sulfonamides is 1. The van der Waals surface area contributed by atoms with Crippen molar-refractivity contribution in [2.45, 2.75) is 18.2 Å². The van der Waals surface area contributed by atoms with Crippen molar-refractivity contribution in [2.24, 2.45) is 0 Å². The molecule has 28 heavy (non-hydrogen) atoms. The molecule has 0 bridgehead atoms. The van der Waals surface area contributed by atoms with Gasteiger partial charge in [0.25, 0.3) is 15.9 Å². The van der Waals surface area contributed by atoms with E-state index in [0.717, 1.165) is 12.0 Å². The normalized spacial score (nSPS) is 11.1. The Balaban J connectivity index is 1.84. The van der Waals surface area contributed by atoms with Crippen molar-refractivity contribution in [2.75, 3.05) is 10.0 Å². The molecule has 0 saturated carbocycles. The minimum absolute atomic E-state index is 0.110. The van der Waals surface area contributed by atoms with Crippen molar-refractivity contribution >= 4 is 27.3 Å². The Bertz CT molecular complexity index is 1080. The van der Waals surface area contributed by atoms with Crippen LogP contribution in [0.15, 0.2) is 77.7 Å². The number of aryl methyl sites for hydroxylation is 1. The Kier molecular flexibility index (Phi) is 5.75. The third kappa shape index (κ3) is 4.55. The van der Waals surface area contributed by atoms with Gasteiger partial charge >= 0.3 is 0 Å². The van der Waals surface area contributed by atoms with Gasteiger partial charge in [-0.2, -0.15) is 0 Å². The fraction of sp³-hybridized carbons (Fsp3) is 0.0952. The number of nitrogens with one attached hydrogen (secondary N) is 2. The van der Waals surface area contributed by atoms with Crippen LogP contribution >= 0.6 is 0 Å². The molecule has 0 spiro atoms. The summed E-state index contributed by atoms with van der Waals surface area (Å²) in [5.74, 6) is -0.925. The van der Waals surface area contributed by atoms with E-state index in [1.807, 2.05) is 6.92 Å². The third-order valence-electron chi connectivity index (χ3n) is 4.16. The number of hydrogen-bond donors (Lipinski definition) is 2. The monoisotopic (exact) mass is 398 g/mol. The standard InChI is InChI=1S/C21H19FN2O3S/c1-2-15-7-13-18(14-8-15)28(26,27)24-20-6-4-3-5-19(20)21(25)23-17-11-9-16(22)10-12-17/h3-14,24H,2H2,1H3,(H,23,25). The van der Waals surface area contributed by atoms with E-state index in [0.29, 0.717) is 5.69 Å². The van der Waals surface area contributed by atoms with Crippen LogP contribution in [-0.4, -0.2) is 14.3 Å². The quantitative estimate of drug-likeness (QED) is 0.645. The molecule has 0 heterocycles. The van der Waals surface area contributed by atoms with Gasteiger partial charge in [0.2, 0.25) is 0 Å². The van der Waals surface area contributed by atoms with Gasteiger partial charge in [0.15, 0.2) is 0 Å². The average Bonchev–Trinajstić information content (AvgIpc) is 2.70. The molecule has 0 radical (unpaired) electrons. The molecule has 0 aromatic heterocycles. The topological polar surface area (TPSA) is 75.3 Å². The fourth-order valence-electron chi connectivity index (χ4n) is 2.61. The summed E-state index contributed by atoms with van der Waals surface area (Å²) in [7, 11) is -3.85. The summed E-state index contributed by atoms with van der Waals surface area (Å²) in [4.78, 5) is 12.7. The fourth-order valence-corrected chi connectivity index (χ4v) is 3.69. The van der Waals surface area contributed by atoms with Gasteiger partial charge in [-0.1, -0.05) is 31.2 Å². The number of carbonyl (C=O) groups excluding carboxylic acids is 1. The molecule has 3 rings (SSSR count). The number of anilines is 2. The molecule has 0 unspecified atom stereocenters. The molecule has 3 aromatic carbocycles. The minimum Gasteiger partial charge on any atom is -0.322 e. The first-order chi connectivity index (χ1) is 13.4. The smallest absolute Gasteiger partial charge is 0.261 e. The van der Waals surface area contributed by atoms with Gasteiger partial charge in [-0.3, -0.25) is 9.52 Å². The number of carbonyl (C=O) groups is 1. The first kappa shape index (κ1) is 19.6. The predicted octanol–water partition coefficient (Wildman–Crippen LogP) is 4.44. The summed E-state index contributed by atoms with van der Waals surface area (Å²) in [5, 5.41) is 2.63. The van der Waals surface area contributed by atoms with Crippen molar-refractivity contribution in [3.8, 4) is 0 Å². The Morgan fingerprint density at radius 2 is 1.57 bits per heavy atom. The molecule has 1 amide bonds. The minimum atomic E-state index is -3.85. The Hall–Kier alpha value is -3.19. The summed E-state index contributed by atoms with van der Waals surface area (Å²) in [6, 6.07) is 18.2. The number of rotatable bonds is 6. The molecule has 0 saturated heterocycles. The lowest BCUT2D eigenvalue weighted by Crippen LogP contribution is -2.18. The van der Waals surface area contributed by atoms with E-state index in [2.05, 4.69) is 10.0 Å². The second-order valence-corrected chi connectivity index (χ2v) is 7.79. The molecule has 2 N–H and O–H groups in total. The second kappa shape index (κ2) is 8.22. The van der Waals surface area contributed by atoms with Crippen molar-refractivity contribution in [1.29, 1.82) is 0 Å². The first-order valence-corrected chi connectivity index (χ1v) is 10.1. The maximum Gasteiger partial charge on any atom is 0.261 e. The lowest BCUT2D eigenvalue weighted by molar-refractivity contribution is 0.102. The van der Waals surface area contributed by atoms with Crippen LogP contribution in [0.5, 0.6) is 0 Å². The highest BCUT2D eigenvalue weighted by Gasteiger charge is 2.18. The Morgan fingerprint density at radius 3 is 2.21 bits per heavy atom. The van der Waals surface area contributed by atoms with E-state index < -0.39 is 21.7 Å². The lowest BCUT2D eigenvalue weighted by atomic mass is 10.1. The molecule has 3 aromatic rings. The highest BCUT2D eigenvalue weighted by Crippen LogP contribution is 2.22. The number of hydrogen-bond acceptors (Lipinski definition) is 3. The summed E-state index contributed by atoms with van der Waals surface area (Å²) >= 11 is 0. The Morgan fingerprint density at radius 1 is 0.929 bits per heavy atom. The van der Waals surface area contributed by atoms with Crippen LogP contribution in [0, 0.1) is 5.82 Å². The van der Waals surface area contributed by atoms with Gasteiger partial charge in [0, 0.05) is 5.69 Å². The number of halogens is 1. The van der Waals surface area contributed by atoms with Gasteiger partial charge in [-0.25, -0.2) is 12.8 Å². The van der Waals surface area contributed by atoms with Crippen molar-refractivity contribution < 1.29 is 17.6 Å². The molecule has 0 aliphatic carbocycles. The Labute approximate surface area is 163 Å². The van der Waals surface area contributed by atoms with Crippen LogP contribution in [0.3, 0.4) is 0 Å². The molecule has 0 atom stereocenters. The molecule has 0 aliphatic rings. The van der Waals surface area contributed by atoms with Crippen LogP contribution in [-0.2, 0) is 16.4 Å². The highest BCUT2D eigenvalue weighted by atomic mass is 32.2. The molecule has 0 aliphatic heterocycles. The van der Waals surface area contributed by atoms with E-state index in [-0.39, 0.29) is 16.1 Å². The van der Waals surface area contributed by atoms with Crippen molar-refractivity contribution in [3.05, 3.63) is 89.7 Å². The first-order valence-electron chi connectivity index (χ1n) is 8.67. The second-order valence-electron chi connectivity index (χ2n) is 6.11. The average molecular weight is 398 g/mol. The summed E-state index contributed by atoms with van der Waals surface area (Å²) in [6.45, 7) is 1.98. The summed E-state index contributed by atoms with van der Waals surface area (Å²) in [6.07, 6.45) is 0.806. The molecule has 7 heteroatoms. The number of benzene rings is 3. The molecule has 144 valence electrons. The molecule has 5 nitrogen and oxygen atoms in total. The predicted molar refractivity (Wildman–Crippen MR) is 107 cm³/mol. The van der Waals surface area contributed by atoms with Gasteiger partial charge in [0.05, 0.1) is 16.1 Å². The third-order valence-corrected chi connectivity index (χ3v) is 5.54. The van der Waals surface area contributed by atoms with Crippen LogP contribution in [0.4, 0.5) is 15.8 Å². The zero-order chi connectivity index (χ0) is 20.1. The van der Waals surface area contributed by atoms with Crippen LogP contribution < -0.4 is 10.0 Å². The van der Waals surface area contributed by atoms with Crippen molar-refractivity contribution in [3.63, 3.8) is 0 Å². The number of amides is 1. The van der Waals surface area contributed by atoms with E-state index in [1.54, 1.807) is 24.3 Å². The zero-order valence-corrected chi connectivity index (χ0v) is 16.0. The SMILES string of the molecule is CCc1ccc(S(=O)(=O)Nc2ccccc2C(=O)Nc2ccc(F)cc2)cc1. The summed E-state index contributed by atoms with van der Waals surface area (Å²) in [5.41, 5.74) is 1.74. The van der Waals surface area contributed by atoms with Gasteiger partial charge in [-0.05, 0) is 60.5 Å². The van der Waals surface area contributed by atoms with E-state index in [1.165, 1.54) is 48.5 Å². The van der Waals surface area contributed by atoms with Crippen LogP contribution in [0.25, 0.3) is 0 Å². The van der Waals surface area contributed by atoms with Crippen LogP contribution in [0.1, 0.15) is 22.8 Å². The van der Waals surface area contributed by atoms with E-state index in [4.69, 9.17) is 0 Å². The van der Waals surface area contributed by atoms with Gasteiger partial charge in [0.1, 0.15) is 5.82 Å². The highest BCUT2D eigenvalue weighted by molar-refractivity contribution is 7.92. The van der Waals surface area contributed by atoms with Crippen LogP contribution in [0.2, 0.25) is 0 Å². The maximum absolute atomic E-state index is 13.0. The van der Waals surface area contributed by atoms with Gasteiger partial charge < -0.3 is 5.32 Å². The largest absolute Gasteiger partial charge is 0.322 e. The molecule has 0 fully saturated rings. The zero-order valence-electron chi connectivity index (χ0n) is 15.1. The molecular formula is C21H19FN2O3S. The maximum atomic E-state index is 13.0. The summed E-state index contributed by atoms with van der Waals surface area (Å²) < 4.78 is 40.9. The lowest BCUT2D eigenvalue weighted by Gasteiger charge is -2.13. The number of para-hydroxylation sites is 1. The van der Waals surface area contributed by atoms with E-state index >= 15 is 0 Å². The van der Waals surface area contributed by atoms with Gasteiger partial charge in [-0.15, -0.1) is 0 Å². The van der Waals surface area contributed by atoms with E-state index in [9.17, 15) is 17.6 Å².